The summed E-state index contributed by atoms with van der Waals surface area (Å²) in [5.41, 5.74) is 1.24. The number of carbonyl (C=O) groups is 2. The summed E-state index contributed by atoms with van der Waals surface area (Å²) in [6, 6.07) is 13.5. The molecule has 1 fully saturated rings. The zero-order chi connectivity index (χ0) is 25.8. The summed E-state index contributed by atoms with van der Waals surface area (Å²) in [5.74, 6) is -1.77. The molecule has 0 saturated carbocycles. The van der Waals surface area contributed by atoms with Crippen molar-refractivity contribution in [3.63, 3.8) is 0 Å². The van der Waals surface area contributed by atoms with Crippen molar-refractivity contribution < 1.29 is 18.4 Å². The molecule has 0 radical (unpaired) electrons. The van der Waals surface area contributed by atoms with E-state index in [1.165, 1.54) is 17.2 Å². The van der Waals surface area contributed by atoms with Gasteiger partial charge in [0.1, 0.15) is 12.2 Å². The maximum Gasteiger partial charge on any atom is 0.251 e. The first-order valence-electron chi connectivity index (χ1n) is 11.9. The summed E-state index contributed by atoms with van der Waals surface area (Å²) < 4.78 is 29.1. The third kappa shape index (κ3) is 5.50. The lowest BCUT2D eigenvalue weighted by Crippen LogP contribution is -2.47. The van der Waals surface area contributed by atoms with E-state index in [2.05, 4.69) is 15.3 Å². The van der Waals surface area contributed by atoms with Crippen LogP contribution in [0.4, 0.5) is 8.78 Å². The molecular formula is C27H28F2N4O3. The average Bonchev–Trinajstić information content (AvgIpc) is 3.26. The van der Waals surface area contributed by atoms with Crippen molar-refractivity contribution in [2.75, 3.05) is 6.54 Å². The summed E-state index contributed by atoms with van der Waals surface area (Å²) in [6.45, 7) is 3.48. The van der Waals surface area contributed by atoms with Gasteiger partial charge in [-0.1, -0.05) is 56.3 Å². The first-order chi connectivity index (χ1) is 17.2. The van der Waals surface area contributed by atoms with E-state index in [1.54, 1.807) is 42.5 Å². The minimum absolute atomic E-state index is 0.0623. The van der Waals surface area contributed by atoms with Gasteiger partial charge in [-0.3, -0.25) is 14.4 Å². The van der Waals surface area contributed by atoms with Crippen LogP contribution >= 0.6 is 0 Å². The maximum atomic E-state index is 14.7. The summed E-state index contributed by atoms with van der Waals surface area (Å²) in [7, 11) is 0. The van der Waals surface area contributed by atoms with Crippen LogP contribution in [0.15, 0.2) is 65.6 Å². The third-order valence-electron chi connectivity index (χ3n) is 6.35. The molecule has 1 aromatic carbocycles. The minimum Gasteiger partial charge on any atom is -0.342 e. The monoisotopic (exact) mass is 494 g/mol. The number of pyridine rings is 2. The molecule has 0 bridgehead atoms. The van der Waals surface area contributed by atoms with Gasteiger partial charge in [-0.05, 0) is 23.6 Å². The predicted octanol–water partition coefficient (Wildman–Crippen LogP) is 3.42. The summed E-state index contributed by atoms with van der Waals surface area (Å²) in [4.78, 5) is 46.1. The first-order valence-corrected chi connectivity index (χ1v) is 11.9. The highest BCUT2D eigenvalue weighted by Crippen LogP contribution is 2.27. The van der Waals surface area contributed by atoms with Crippen molar-refractivity contribution in [3.8, 4) is 0 Å². The van der Waals surface area contributed by atoms with Crippen LogP contribution < -0.4 is 10.9 Å². The first kappa shape index (κ1) is 25.2. The molecule has 0 aliphatic carbocycles. The summed E-state index contributed by atoms with van der Waals surface area (Å²) in [6.07, 6.45) is -0.347. The molecule has 2 N–H and O–H groups in total. The molecule has 188 valence electrons. The normalized spacial score (nSPS) is 18.3. The molecule has 36 heavy (non-hydrogen) atoms. The van der Waals surface area contributed by atoms with Gasteiger partial charge in [0.2, 0.25) is 17.8 Å². The largest absolute Gasteiger partial charge is 0.342 e. The van der Waals surface area contributed by atoms with Crippen LogP contribution in [0.3, 0.4) is 0 Å². The molecule has 2 aromatic heterocycles. The second-order valence-corrected chi connectivity index (χ2v) is 9.22. The smallest absolute Gasteiger partial charge is 0.251 e. The number of likely N-dealkylation sites (tertiary alicyclic amines) is 1. The fourth-order valence-electron chi connectivity index (χ4n) is 4.43. The van der Waals surface area contributed by atoms with Crippen molar-refractivity contribution in [2.24, 2.45) is 0 Å². The zero-order valence-electron chi connectivity index (χ0n) is 20.1. The van der Waals surface area contributed by atoms with E-state index in [1.807, 2.05) is 19.9 Å². The number of hydrogen-bond acceptors (Lipinski definition) is 4. The lowest BCUT2D eigenvalue weighted by molar-refractivity contribution is -0.138. The third-order valence-corrected chi connectivity index (χ3v) is 6.35. The molecule has 9 heteroatoms. The van der Waals surface area contributed by atoms with Crippen LogP contribution in [0.2, 0.25) is 0 Å². The van der Waals surface area contributed by atoms with Crippen molar-refractivity contribution >= 4 is 11.8 Å². The lowest BCUT2D eigenvalue weighted by atomic mass is 9.99. The number of rotatable bonds is 7. The van der Waals surface area contributed by atoms with Crippen LogP contribution in [0.5, 0.6) is 0 Å². The number of amides is 2. The second-order valence-electron chi connectivity index (χ2n) is 9.22. The molecular weight excluding hydrogens is 466 g/mol. The van der Waals surface area contributed by atoms with Gasteiger partial charge < -0.3 is 15.2 Å². The van der Waals surface area contributed by atoms with Crippen LogP contribution in [0.1, 0.15) is 54.6 Å². The van der Waals surface area contributed by atoms with E-state index in [0.29, 0.717) is 16.8 Å². The predicted molar refractivity (Wildman–Crippen MR) is 130 cm³/mol. The molecule has 3 heterocycles. The molecule has 1 aliphatic heterocycles. The minimum atomic E-state index is -1.38. The highest BCUT2D eigenvalue weighted by molar-refractivity contribution is 5.89. The average molecular weight is 495 g/mol. The van der Waals surface area contributed by atoms with Gasteiger partial charge in [0.25, 0.3) is 5.56 Å². The van der Waals surface area contributed by atoms with Gasteiger partial charge in [-0.15, -0.1) is 0 Å². The number of H-pyrrole nitrogens is 1. The Morgan fingerprint density at radius 2 is 1.89 bits per heavy atom. The van der Waals surface area contributed by atoms with Crippen molar-refractivity contribution in [1.82, 2.24) is 20.2 Å². The number of nitrogens with zero attached hydrogens (tertiary/aromatic N) is 2. The Hall–Kier alpha value is -3.88. The highest BCUT2D eigenvalue weighted by atomic mass is 19.1. The van der Waals surface area contributed by atoms with Crippen molar-refractivity contribution in [2.45, 2.75) is 50.9 Å². The van der Waals surface area contributed by atoms with Crippen LogP contribution in [-0.2, 0) is 16.0 Å². The van der Waals surface area contributed by atoms with E-state index in [9.17, 15) is 23.2 Å². The van der Waals surface area contributed by atoms with Gasteiger partial charge in [0.05, 0.1) is 24.7 Å². The topological polar surface area (TPSA) is 95.2 Å². The van der Waals surface area contributed by atoms with Gasteiger partial charge in [0, 0.05) is 23.7 Å². The number of alkyl halides is 1. The zero-order valence-corrected chi connectivity index (χ0v) is 20.1. The Labute approximate surface area is 207 Å². The Kier molecular flexibility index (Phi) is 7.57. The van der Waals surface area contributed by atoms with E-state index < -0.39 is 41.6 Å². The molecule has 2 amide bonds. The standard InChI is InChI=1S/C27H28F2N4O3/c1-16(2)20-10-11-21(31-25(20)29)24(17-7-4-3-5-8-17)32-27(36)22-14-19(28)15-33(22)23(34)13-18-9-6-12-30-26(18)35/h3-12,16,19,22,24H,13-15H2,1-2H3,(H,30,35)(H,32,36)/t19-,22+,24+/m1/s1. The Morgan fingerprint density at radius 3 is 2.56 bits per heavy atom. The number of carbonyl (C=O) groups excluding carboxylic acids is 2. The Bertz CT molecular complexity index is 1300. The summed E-state index contributed by atoms with van der Waals surface area (Å²) >= 11 is 0. The number of nitrogens with one attached hydrogen (secondary N) is 2. The van der Waals surface area contributed by atoms with E-state index in [0.717, 1.165) is 0 Å². The number of hydrogen-bond donors (Lipinski definition) is 2. The van der Waals surface area contributed by atoms with E-state index in [4.69, 9.17) is 0 Å². The Morgan fingerprint density at radius 1 is 1.14 bits per heavy atom. The van der Waals surface area contributed by atoms with Crippen molar-refractivity contribution in [3.05, 3.63) is 99.5 Å². The molecule has 3 atom stereocenters. The van der Waals surface area contributed by atoms with Gasteiger partial charge in [0.15, 0.2) is 0 Å². The molecule has 1 saturated heterocycles. The quantitative estimate of drug-likeness (QED) is 0.492. The number of aromatic amines is 1. The number of halogens is 2. The maximum absolute atomic E-state index is 14.7. The second kappa shape index (κ2) is 10.8. The van der Waals surface area contributed by atoms with Gasteiger partial charge in [-0.25, -0.2) is 9.37 Å². The van der Waals surface area contributed by atoms with E-state index in [-0.39, 0.29) is 30.9 Å². The van der Waals surface area contributed by atoms with Gasteiger partial charge >= 0.3 is 0 Å². The molecule has 3 aromatic rings. The molecule has 7 nitrogen and oxygen atoms in total. The highest BCUT2D eigenvalue weighted by Gasteiger charge is 2.40. The van der Waals surface area contributed by atoms with Crippen LogP contribution in [0.25, 0.3) is 0 Å². The number of benzene rings is 1. The molecule has 0 unspecified atom stereocenters. The molecule has 1 aliphatic rings. The van der Waals surface area contributed by atoms with Crippen LogP contribution in [-0.4, -0.2) is 45.4 Å². The van der Waals surface area contributed by atoms with E-state index >= 15 is 0 Å². The van der Waals surface area contributed by atoms with Crippen molar-refractivity contribution in [1.29, 1.82) is 0 Å². The fraction of sp³-hybridized carbons (Fsp3) is 0.333. The van der Waals surface area contributed by atoms with Gasteiger partial charge in [-0.2, -0.15) is 4.39 Å². The SMILES string of the molecule is CC(C)c1ccc([C@@H](NC(=O)[C@@H]2C[C@@H](F)CN2C(=O)Cc2ccc[nH]c2=O)c2ccccc2)nc1F. The Balaban J connectivity index is 1.59. The summed E-state index contributed by atoms with van der Waals surface area (Å²) in [5, 5.41) is 2.85. The molecule has 0 spiro atoms. The number of aromatic nitrogens is 2. The molecule has 4 rings (SSSR count). The lowest BCUT2D eigenvalue weighted by Gasteiger charge is -2.26. The van der Waals surface area contributed by atoms with Crippen LogP contribution in [0, 0.1) is 5.95 Å². The fourth-order valence-corrected chi connectivity index (χ4v) is 4.43.